The Morgan fingerprint density at radius 3 is 2.52 bits per heavy atom. The SMILES string of the molecule is O=C(O)Oc1nc(-c2ccc(F)c(Cl)c2)c(-c2cc(F)cc(Cl)c2)s1. The average molecular weight is 402 g/mol. The lowest BCUT2D eigenvalue weighted by Crippen LogP contribution is -2.02. The summed E-state index contributed by atoms with van der Waals surface area (Å²) in [6.07, 6.45) is -1.54. The van der Waals surface area contributed by atoms with E-state index in [4.69, 9.17) is 28.3 Å². The molecule has 0 atom stereocenters. The van der Waals surface area contributed by atoms with E-state index in [1.54, 1.807) is 0 Å². The summed E-state index contributed by atoms with van der Waals surface area (Å²) in [7, 11) is 0. The molecule has 0 unspecified atom stereocenters. The van der Waals surface area contributed by atoms with Crippen molar-refractivity contribution in [3.8, 4) is 26.9 Å². The Kier molecular flexibility index (Phi) is 4.89. The molecular weight excluding hydrogens is 395 g/mol. The summed E-state index contributed by atoms with van der Waals surface area (Å²) in [5.41, 5.74) is 1.06. The number of hydrogen-bond donors (Lipinski definition) is 1. The van der Waals surface area contributed by atoms with Crippen molar-refractivity contribution in [1.82, 2.24) is 4.98 Å². The van der Waals surface area contributed by atoms with Crippen LogP contribution in [0.2, 0.25) is 10.0 Å². The van der Waals surface area contributed by atoms with Crippen molar-refractivity contribution in [1.29, 1.82) is 0 Å². The van der Waals surface area contributed by atoms with Crippen LogP contribution >= 0.6 is 34.5 Å². The zero-order chi connectivity index (χ0) is 18.1. The Morgan fingerprint density at radius 2 is 1.88 bits per heavy atom. The average Bonchev–Trinajstić information content (AvgIpc) is 2.92. The quantitative estimate of drug-likeness (QED) is 0.537. The molecule has 4 nitrogen and oxygen atoms in total. The van der Waals surface area contributed by atoms with E-state index in [-0.39, 0.29) is 20.9 Å². The second-order valence-corrected chi connectivity index (χ2v) is 6.62. The molecule has 0 bridgehead atoms. The molecule has 9 heteroatoms. The van der Waals surface area contributed by atoms with Gasteiger partial charge in [0.1, 0.15) is 11.6 Å². The summed E-state index contributed by atoms with van der Waals surface area (Å²) in [5, 5.41) is 8.63. The highest BCUT2D eigenvalue weighted by atomic mass is 35.5. The number of carboxylic acid groups (broad SMARTS) is 1. The molecule has 0 aliphatic carbocycles. The van der Waals surface area contributed by atoms with Gasteiger partial charge in [-0.2, -0.15) is 0 Å². The largest absolute Gasteiger partial charge is 0.513 e. The van der Waals surface area contributed by atoms with Gasteiger partial charge in [-0.25, -0.2) is 18.6 Å². The van der Waals surface area contributed by atoms with E-state index < -0.39 is 17.8 Å². The monoisotopic (exact) mass is 401 g/mol. The molecule has 0 saturated carbocycles. The second-order valence-electron chi connectivity index (χ2n) is 4.81. The van der Waals surface area contributed by atoms with Crippen molar-refractivity contribution in [2.24, 2.45) is 0 Å². The summed E-state index contributed by atoms with van der Waals surface area (Å²) in [6.45, 7) is 0. The molecule has 0 spiro atoms. The van der Waals surface area contributed by atoms with E-state index in [0.29, 0.717) is 16.0 Å². The molecule has 2 aromatic carbocycles. The first-order valence-corrected chi connectivity index (χ1v) is 8.24. The number of aromatic nitrogens is 1. The minimum atomic E-state index is -1.54. The Labute approximate surface area is 154 Å². The van der Waals surface area contributed by atoms with Crippen LogP contribution in [0.5, 0.6) is 5.19 Å². The zero-order valence-electron chi connectivity index (χ0n) is 12.1. The fourth-order valence-corrected chi connectivity index (χ4v) is 3.46. The second kappa shape index (κ2) is 6.95. The minimum absolute atomic E-state index is 0.130. The maximum atomic E-state index is 13.7. The Balaban J connectivity index is 2.20. The first kappa shape index (κ1) is 17.6. The van der Waals surface area contributed by atoms with Gasteiger partial charge in [-0.15, -0.1) is 0 Å². The van der Waals surface area contributed by atoms with Crippen molar-refractivity contribution < 1.29 is 23.4 Å². The van der Waals surface area contributed by atoms with Gasteiger partial charge in [0.05, 0.1) is 15.6 Å². The number of hydrogen-bond acceptors (Lipinski definition) is 4. The van der Waals surface area contributed by atoms with Crippen LogP contribution in [0.1, 0.15) is 0 Å². The maximum absolute atomic E-state index is 13.7. The molecule has 0 saturated heterocycles. The van der Waals surface area contributed by atoms with E-state index in [0.717, 1.165) is 23.5 Å². The van der Waals surface area contributed by atoms with Crippen molar-refractivity contribution in [3.05, 3.63) is 58.1 Å². The molecule has 128 valence electrons. The maximum Gasteiger partial charge on any atom is 0.513 e. The lowest BCUT2D eigenvalue weighted by molar-refractivity contribution is 0.144. The number of thiazole rings is 1. The van der Waals surface area contributed by atoms with Gasteiger partial charge in [-0.3, -0.25) is 0 Å². The Bertz CT molecular complexity index is 958. The van der Waals surface area contributed by atoms with Gasteiger partial charge in [0.25, 0.3) is 5.19 Å². The highest BCUT2D eigenvalue weighted by Gasteiger charge is 2.19. The minimum Gasteiger partial charge on any atom is -0.449 e. The van der Waals surface area contributed by atoms with E-state index in [9.17, 15) is 13.6 Å². The van der Waals surface area contributed by atoms with E-state index >= 15 is 0 Å². The normalized spacial score (nSPS) is 10.7. The summed E-state index contributed by atoms with van der Waals surface area (Å²) < 4.78 is 31.7. The predicted octanol–water partition coefficient (Wildman–Crippen LogP) is 6.12. The van der Waals surface area contributed by atoms with Crippen LogP contribution in [0.3, 0.4) is 0 Å². The smallest absolute Gasteiger partial charge is 0.449 e. The summed E-state index contributed by atoms with van der Waals surface area (Å²) in [6, 6.07) is 7.76. The Hall–Kier alpha value is -2.22. The summed E-state index contributed by atoms with van der Waals surface area (Å²) >= 11 is 12.6. The van der Waals surface area contributed by atoms with Gasteiger partial charge in [-0.1, -0.05) is 34.5 Å². The van der Waals surface area contributed by atoms with Crippen molar-refractivity contribution in [2.45, 2.75) is 0 Å². The number of nitrogens with zero attached hydrogens (tertiary/aromatic N) is 1. The number of halogens is 4. The topological polar surface area (TPSA) is 59.4 Å². The van der Waals surface area contributed by atoms with E-state index in [1.807, 2.05) is 0 Å². The Morgan fingerprint density at radius 1 is 1.12 bits per heavy atom. The lowest BCUT2D eigenvalue weighted by Gasteiger charge is -2.05. The molecule has 1 heterocycles. The van der Waals surface area contributed by atoms with Gasteiger partial charge >= 0.3 is 6.16 Å². The summed E-state index contributed by atoms with van der Waals surface area (Å²) in [5.74, 6) is -1.18. The van der Waals surface area contributed by atoms with Crippen molar-refractivity contribution >= 4 is 40.7 Å². The molecule has 3 rings (SSSR count). The van der Waals surface area contributed by atoms with Crippen molar-refractivity contribution in [3.63, 3.8) is 0 Å². The number of benzene rings is 2. The molecule has 3 aromatic rings. The number of rotatable bonds is 3. The molecule has 0 aliphatic heterocycles. The van der Waals surface area contributed by atoms with Crippen LogP contribution in [0, 0.1) is 11.6 Å². The van der Waals surface area contributed by atoms with Crippen molar-refractivity contribution in [2.75, 3.05) is 0 Å². The van der Waals surface area contributed by atoms with Gasteiger partial charge in [-0.05, 0) is 42.0 Å². The van der Waals surface area contributed by atoms with E-state index in [1.165, 1.54) is 24.3 Å². The molecule has 0 amide bonds. The van der Waals surface area contributed by atoms with Crippen LogP contribution in [0.15, 0.2) is 36.4 Å². The fraction of sp³-hybridized carbons (Fsp3) is 0. The van der Waals surface area contributed by atoms with E-state index in [2.05, 4.69) is 9.72 Å². The van der Waals surface area contributed by atoms with Crippen LogP contribution in [-0.2, 0) is 0 Å². The van der Waals surface area contributed by atoms with Gasteiger partial charge < -0.3 is 9.84 Å². The molecule has 25 heavy (non-hydrogen) atoms. The highest BCUT2D eigenvalue weighted by Crippen LogP contribution is 2.41. The first-order chi connectivity index (χ1) is 11.8. The molecule has 0 radical (unpaired) electrons. The molecule has 1 N–H and O–H groups in total. The third kappa shape index (κ3) is 3.89. The molecule has 0 fully saturated rings. The fourth-order valence-electron chi connectivity index (χ4n) is 2.14. The molecule has 0 aliphatic rings. The van der Waals surface area contributed by atoms with Crippen LogP contribution in [0.25, 0.3) is 21.7 Å². The van der Waals surface area contributed by atoms with Gasteiger partial charge in [0.15, 0.2) is 0 Å². The molecular formula is C16H7Cl2F2NO3S. The molecule has 1 aromatic heterocycles. The third-order valence-electron chi connectivity index (χ3n) is 3.10. The van der Waals surface area contributed by atoms with Crippen LogP contribution in [0.4, 0.5) is 13.6 Å². The lowest BCUT2D eigenvalue weighted by atomic mass is 10.1. The number of carbonyl (C=O) groups is 1. The zero-order valence-corrected chi connectivity index (χ0v) is 14.4. The first-order valence-electron chi connectivity index (χ1n) is 6.67. The predicted molar refractivity (Wildman–Crippen MR) is 91.6 cm³/mol. The highest BCUT2D eigenvalue weighted by molar-refractivity contribution is 7.17. The standard InChI is InChI=1S/C16H7Cl2F2NO3S/c17-9-3-8(4-10(19)6-9)14-13(21-15(25-14)24-16(22)23)7-1-2-12(20)11(18)5-7/h1-6H,(H,22,23). The van der Waals surface area contributed by atoms with Crippen LogP contribution < -0.4 is 4.74 Å². The third-order valence-corrected chi connectivity index (χ3v) is 4.59. The number of ether oxygens (including phenoxy) is 1. The van der Waals surface area contributed by atoms with Gasteiger partial charge in [0.2, 0.25) is 0 Å². The van der Waals surface area contributed by atoms with Gasteiger partial charge in [0, 0.05) is 10.6 Å². The summed E-state index contributed by atoms with van der Waals surface area (Å²) in [4.78, 5) is 15.3. The van der Waals surface area contributed by atoms with Crippen LogP contribution in [-0.4, -0.2) is 16.2 Å².